The molecular weight excluding hydrogens is 354 g/mol. The predicted octanol–water partition coefficient (Wildman–Crippen LogP) is 3.23. The molecule has 0 amide bonds. The first-order valence-electron chi connectivity index (χ1n) is 8.45. The van der Waals surface area contributed by atoms with Crippen molar-refractivity contribution in [1.82, 2.24) is 0 Å². The molecule has 0 aromatic heterocycles. The van der Waals surface area contributed by atoms with Crippen LogP contribution in [-0.4, -0.2) is 34.1 Å². The summed E-state index contributed by atoms with van der Waals surface area (Å²) in [6.45, 7) is 4.01. The minimum Gasteiger partial charge on any atom is -0.482 e. The number of ether oxygens (including phenoxy) is 2. The third-order valence-electron chi connectivity index (χ3n) is 3.53. The molecule has 0 fully saturated rings. The maximum Gasteiger partial charge on any atom is 0.344 e. The van der Waals surface area contributed by atoms with Crippen LogP contribution in [0.25, 0.3) is 0 Å². The molecule has 0 aliphatic rings. The highest BCUT2D eigenvalue weighted by molar-refractivity contribution is 7.92. The van der Waals surface area contributed by atoms with Gasteiger partial charge in [0.15, 0.2) is 6.61 Å². The quantitative estimate of drug-likeness (QED) is 0.627. The fraction of sp³-hybridized carbons (Fsp3) is 0.316. The molecule has 2 rings (SSSR count). The van der Waals surface area contributed by atoms with Crippen LogP contribution in [-0.2, 0) is 19.6 Å². The van der Waals surface area contributed by atoms with Gasteiger partial charge in [0, 0.05) is 12.6 Å². The van der Waals surface area contributed by atoms with E-state index in [2.05, 4.69) is 0 Å². The minimum absolute atomic E-state index is 0.226. The molecule has 0 unspecified atom stereocenters. The van der Waals surface area contributed by atoms with Gasteiger partial charge in [-0.1, -0.05) is 31.2 Å². The number of carbonyl (C=O) groups is 1. The molecule has 2 aromatic rings. The van der Waals surface area contributed by atoms with E-state index in [1.54, 1.807) is 61.5 Å². The van der Waals surface area contributed by atoms with E-state index in [9.17, 15) is 13.2 Å². The van der Waals surface area contributed by atoms with E-state index in [-0.39, 0.29) is 18.1 Å². The fourth-order valence-corrected chi connectivity index (χ4v) is 3.95. The second-order valence-electron chi connectivity index (χ2n) is 5.48. The lowest BCUT2D eigenvalue weighted by Crippen LogP contribution is -2.31. The molecule has 0 atom stereocenters. The summed E-state index contributed by atoms with van der Waals surface area (Å²) in [6.07, 6.45) is 0.653. The highest BCUT2D eigenvalue weighted by atomic mass is 32.2. The Hall–Kier alpha value is -2.54. The van der Waals surface area contributed by atoms with E-state index in [1.165, 1.54) is 4.31 Å². The Morgan fingerprint density at radius 2 is 1.77 bits per heavy atom. The molecule has 0 bridgehead atoms. The first kappa shape index (κ1) is 19.8. The zero-order chi connectivity index (χ0) is 19.0. The standard InChI is InChI=1S/C19H23NO5S/c1-3-13-20(26(22,23)18-11-6-5-7-12-18)16-9-8-10-17(14-16)25-15-19(21)24-4-2/h5-12,14H,3-4,13,15H2,1-2H3. The number of anilines is 1. The van der Waals surface area contributed by atoms with Crippen LogP contribution in [0.4, 0.5) is 5.69 Å². The Kier molecular flexibility index (Phi) is 7.03. The lowest BCUT2D eigenvalue weighted by molar-refractivity contribution is -0.145. The molecule has 0 spiro atoms. The average Bonchev–Trinajstić information content (AvgIpc) is 2.65. The van der Waals surface area contributed by atoms with Crippen LogP contribution in [0.5, 0.6) is 5.75 Å². The van der Waals surface area contributed by atoms with Crippen molar-refractivity contribution in [3.8, 4) is 5.75 Å². The fourth-order valence-electron chi connectivity index (χ4n) is 2.38. The first-order chi connectivity index (χ1) is 12.5. The highest BCUT2D eigenvalue weighted by Gasteiger charge is 2.24. The van der Waals surface area contributed by atoms with Crippen LogP contribution < -0.4 is 9.04 Å². The number of benzene rings is 2. The van der Waals surface area contributed by atoms with E-state index in [4.69, 9.17) is 9.47 Å². The average molecular weight is 377 g/mol. The van der Waals surface area contributed by atoms with Crippen LogP contribution in [0.15, 0.2) is 59.5 Å². The molecule has 2 aromatic carbocycles. The van der Waals surface area contributed by atoms with E-state index in [0.29, 0.717) is 24.4 Å². The third kappa shape index (κ3) is 4.98. The van der Waals surface area contributed by atoms with Gasteiger partial charge in [0.2, 0.25) is 0 Å². The van der Waals surface area contributed by atoms with E-state index >= 15 is 0 Å². The van der Waals surface area contributed by atoms with Crippen molar-refractivity contribution < 1.29 is 22.7 Å². The maximum atomic E-state index is 13.0. The molecule has 0 saturated heterocycles. The summed E-state index contributed by atoms with van der Waals surface area (Å²) < 4.78 is 37.6. The molecule has 7 heteroatoms. The van der Waals surface area contributed by atoms with Gasteiger partial charge in [0.05, 0.1) is 17.2 Å². The lowest BCUT2D eigenvalue weighted by Gasteiger charge is -2.24. The summed E-state index contributed by atoms with van der Waals surface area (Å²) >= 11 is 0. The number of hydrogen-bond donors (Lipinski definition) is 0. The molecule has 0 N–H and O–H groups in total. The van der Waals surface area contributed by atoms with Crippen LogP contribution in [0.1, 0.15) is 20.3 Å². The molecule has 0 heterocycles. The van der Waals surface area contributed by atoms with Gasteiger partial charge in [0.25, 0.3) is 10.0 Å². The van der Waals surface area contributed by atoms with Gasteiger partial charge in [-0.15, -0.1) is 0 Å². The van der Waals surface area contributed by atoms with Crippen molar-refractivity contribution in [3.63, 3.8) is 0 Å². The SMILES string of the molecule is CCCN(c1cccc(OCC(=O)OCC)c1)S(=O)(=O)c1ccccc1. The number of nitrogens with zero attached hydrogens (tertiary/aromatic N) is 1. The summed E-state index contributed by atoms with van der Waals surface area (Å²) in [5, 5.41) is 0. The van der Waals surface area contributed by atoms with Crippen LogP contribution in [0, 0.1) is 0 Å². The van der Waals surface area contributed by atoms with Gasteiger partial charge in [-0.25, -0.2) is 13.2 Å². The van der Waals surface area contributed by atoms with Crippen molar-refractivity contribution in [3.05, 3.63) is 54.6 Å². The Morgan fingerprint density at radius 3 is 2.42 bits per heavy atom. The van der Waals surface area contributed by atoms with Gasteiger partial charge in [-0.2, -0.15) is 0 Å². The number of rotatable bonds is 9. The molecule has 6 nitrogen and oxygen atoms in total. The Balaban J connectivity index is 2.27. The maximum absolute atomic E-state index is 13.0. The highest BCUT2D eigenvalue weighted by Crippen LogP contribution is 2.27. The smallest absolute Gasteiger partial charge is 0.344 e. The largest absolute Gasteiger partial charge is 0.482 e. The van der Waals surface area contributed by atoms with E-state index in [1.807, 2.05) is 6.92 Å². The zero-order valence-corrected chi connectivity index (χ0v) is 15.7. The Bertz CT molecular complexity index is 821. The molecule has 0 aliphatic heterocycles. The zero-order valence-electron chi connectivity index (χ0n) is 14.9. The van der Waals surface area contributed by atoms with Crippen molar-refractivity contribution in [2.75, 3.05) is 24.1 Å². The first-order valence-corrected chi connectivity index (χ1v) is 9.89. The topological polar surface area (TPSA) is 72.9 Å². The monoisotopic (exact) mass is 377 g/mol. The molecular formula is C19H23NO5S. The summed E-state index contributed by atoms with van der Waals surface area (Å²) in [5.41, 5.74) is 0.483. The second kappa shape index (κ2) is 9.24. The van der Waals surface area contributed by atoms with Gasteiger partial charge in [-0.3, -0.25) is 4.31 Å². The summed E-state index contributed by atoms with van der Waals surface area (Å²) in [5.74, 6) is -0.0693. The number of sulfonamides is 1. The van der Waals surface area contributed by atoms with Gasteiger partial charge < -0.3 is 9.47 Å². The van der Waals surface area contributed by atoms with Gasteiger partial charge in [0.1, 0.15) is 5.75 Å². The number of carbonyl (C=O) groups excluding carboxylic acids is 1. The van der Waals surface area contributed by atoms with Crippen LogP contribution in [0.3, 0.4) is 0 Å². The Morgan fingerprint density at radius 1 is 1.04 bits per heavy atom. The second-order valence-corrected chi connectivity index (χ2v) is 7.34. The Labute approximate surface area is 154 Å². The molecule has 0 aliphatic carbocycles. The minimum atomic E-state index is -3.69. The predicted molar refractivity (Wildman–Crippen MR) is 99.8 cm³/mol. The van der Waals surface area contributed by atoms with Crippen LogP contribution >= 0.6 is 0 Å². The molecule has 26 heavy (non-hydrogen) atoms. The van der Waals surface area contributed by atoms with Crippen LogP contribution in [0.2, 0.25) is 0 Å². The number of esters is 1. The summed E-state index contributed by atoms with van der Waals surface area (Å²) in [7, 11) is -3.69. The van der Waals surface area contributed by atoms with Crippen molar-refractivity contribution in [2.24, 2.45) is 0 Å². The lowest BCUT2D eigenvalue weighted by atomic mass is 10.3. The van der Waals surface area contributed by atoms with Crippen molar-refractivity contribution >= 4 is 21.7 Å². The summed E-state index contributed by atoms with van der Waals surface area (Å²) in [6, 6.07) is 15.0. The van der Waals surface area contributed by atoms with Crippen molar-refractivity contribution in [2.45, 2.75) is 25.2 Å². The van der Waals surface area contributed by atoms with Gasteiger partial charge >= 0.3 is 5.97 Å². The van der Waals surface area contributed by atoms with Gasteiger partial charge in [-0.05, 0) is 37.6 Å². The molecule has 140 valence electrons. The number of hydrogen-bond acceptors (Lipinski definition) is 5. The van der Waals surface area contributed by atoms with E-state index in [0.717, 1.165) is 0 Å². The molecule has 0 radical (unpaired) electrons. The van der Waals surface area contributed by atoms with Crippen molar-refractivity contribution in [1.29, 1.82) is 0 Å². The molecule has 0 saturated carbocycles. The third-order valence-corrected chi connectivity index (χ3v) is 5.37. The van der Waals surface area contributed by atoms with E-state index < -0.39 is 16.0 Å². The summed E-state index contributed by atoms with van der Waals surface area (Å²) in [4.78, 5) is 11.7. The normalized spacial score (nSPS) is 11.0.